The molecule has 6 nitrogen and oxygen atoms in total. The van der Waals surface area contributed by atoms with E-state index < -0.39 is 6.10 Å². The van der Waals surface area contributed by atoms with Crippen LogP contribution in [0.5, 0.6) is 0 Å². The molecule has 0 aliphatic rings. The lowest BCUT2D eigenvalue weighted by molar-refractivity contribution is -0.166. The van der Waals surface area contributed by atoms with Crippen molar-refractivity contribution in [2.45, 2.75) is 226 Å². The van der Waals surface area contributed by atoms with Crippen LogP contribution in [-0.4, -0.2) is 37.2 Å². The molecule has 0 aromatic carbocycles. The monoisotopic (exact) mass is 939 g/mol. The Morgan fingerprint density at radius 1 is 0.324 bits per heavy atom. The first kappa shape index (κ1) is 63.5. The predicted octanol–water partition coefficient (Wildman–Crippen LogP) is 18.3. The number of carbonyl (C=O) groups is 3. The van der Waals surface area contributed by atoms with Crippen LogP contribution in [0.3, 0.4) is 0 Å². The van der Waals surface area contributed by atoms with Crippen LogP contribution in [0, 0.1) is 0 Å². The summed E-state index contributed by atoms with van der Waals surface area (Å²) in [4.78, 5) is 38.1. The highest BCUT2D eigenvalue weighted by Crippen LogP contribution is 2.13. The van der Waals surface area contributed by atoms with Crippen molar-refractivity contribution in [3.63, 3.8) is 0 Å². The van der Waals surface area contributed by atoms with Crippen molar-refractivity contribution in [3.8, 4) is 0 Å². The third-order valence-corrected chi connectivity index (χ3v) is 11.0. The molecule has 0 radical (unpaired) electrons. The molecule has 382 valence electrons. The summed E-state index contributed by atoms with van der Waals surface area (Å²) < 4.78 is 16.7. The standard InChI is InChI=1S/C62H98O6/c1-4-7-10-13-16-19-22-25-27-29-31-33-34-37-40-43-46-49-52-55-61(64)67-58-59(57-66-60(63)54-51-48-45-42-39-36-24-21-18-15-12-9-6-3)68-62(65)56-53-50-47-44-41-38-35-32-30-28-26-23-20-17-14-11-8-5-2/h7,10-11,14,16-17,19-20,23,25-28,30-33,35-36,39,45,48,59H,4-6,8-9,12-13,15,18,21-22,24,29,34,37-38,40-44,46-47,49-58H2,1-3H3/b10-7-,14-11-,19-16-,20-17-,26-23-,27-25-,30-28-,33-31-,35-32-,39-36-,48-45-. The molecule has 0 spiro atoms. The highest BCUT2D eigenvalue weighted by molar-refractivity contribution is 5.71. The fraction of sp³-hybridized carbons (Fsp3) is 0.597. The Morgan fingerprint density at radius 3 is 1.18 bits per heavy atom. The van der Waals surface area contributed by atoms with Crippen molar-refractivity contribution in [1.82, 2.24) is 0 Å². The van der Waals surface area contributed by atoms with Gasteiger partial charge in [-0.3, -0.25) is 14.4 Å². The first-order chi connectivity index (χ1) is 33.5. The molecule has 0 heterocycles. The van der Waals surface area contributed by atoms with E-state index >= 15 is 0 Å². The van der Waals surface area contributed by atoms with Gasteiger partial charge in [-0.05, 0) is 96.3 Å². The third-order valence-electron chi connectivity index (χ3n) is 11.0. The minimum Gasteiger partial charge on any atom is -0.462 e. The molecular weight excluding hydrogens is 841 g/mol. The van der Waals surface area contributed by atoms with E-state index in [-0.39, 0.29) is 44.0 Å². The molecular formula is C62H98O6. The lowest BCUT2D eigenvalue weighted by atomic mass is 10.1. The van der Waals surface area contributed by atoms with Gasteiger partial charge in [0.05, 0.1) is 0 Å². The molecule has 0 aromatic rings. The molecule has 0 aromatic heterocycles. The summed E-state index contributed by atoms with van der Waals surface area (Å²) in [6.07, 6.45) is 77.2. The molecule has 0 N–H and O–H groups in total. The van der Waals surface area contributed by atoms with Crippen LogP contribution in [0.1, 0.15) is 220 Å². The first-order valence-electron chi connectivity index (χ1n) is 27.3. The molecule has 0 saturated heterocycles. The zero-order valence-corrected chi connectivity index (χ0v) is 43.6. The normalized spacial score (nSPS) is 13.2. The van der Waals surface area contributed by atoms with Crippen LogP contribution in [0.2, 0.25) is 0 Å². The van der Waals surface area contributed by atoms with Crippen molar-refractivity contribution < 1.29 is 28.6 Å². The summed E-state index contributed by atoms with van der Waals surface area (Å²) in [5.74, 6) is -1.03. The quantitative estimate of drug-likeness (QED) is 0.0199. The fourth-order valence-corrected chi connectivity index (χ4v) is 6.93. The fourth-order valence-electron chi connectivity index (χ4n) is 6.93. The molecule has 68 heavy (non-hydrogen) atoms. The van der Waals surface area contributed by atoms with Crippen molar-refractivity contribution in [2.24, 2.45) is 0 Å². The molecule has 0 rings (SSSR count). The van der Waals surface area contributed by atoms with E-state index in [2.05, 4.69) is 112 Å². The van der Waals surface area contributed by atoms with Crippen LogP contribution >= 0.6 is 0 Å². The second-order valence-electron chi connectivity index (χ2n) is 17.5. The number of esters is 3. The topological polar surface area (TPSA) is 78.9 Å². The number of hydrogen-bond donors (Lipinski definition) is 0. The Bertz CT molecular complexity index is 1500. The zero-order valence-electron chi connectivity index (χ0n) is 43.6. The summed E-state index contributed by atoms with van der Waals surface area (Å²) >= 11 is 0. The van der Waals surface area contributed by atoms with E-state index in [0.29, 0.717) is 12.8 Å². The second kappa shape index (κ2) is 55.1. The molecule has 0 aliphatic heterocycles. The van der Waals surface area contributed by atoms with Gasteiger partial charge in [0.15, 0.2) is 6.10 Å². The van der Waals surface area contributed by atoms with Crippen LogP contribution < -0.4 is 0 Å². The van der Waals surface area contributed by atoms with Gasteiger partial charge in [-0.15, -0.1) is 0 Å². The summed E-state index contributed by atoms with van der Waals surface area (Å²) in [5.41, 5.74) is 0. The SMILES string of the molecule is CC/C=C\C/C=C\C/C=C\C/C=C\CCCCCCCCC(=O)OCC(COC(=O)CC/C=C\C/C=C\CCCCCCCC)OC(=O)CCCCCCC\C=C/C=C\C=C/C=C\C=C/CCC. The maximum absolute atomic E-state index is 12.8. The maximum Gasteiger partial charge on any atom is 0.306 e. The van der Waals surface area contributed by atoms with Crippen molar-refractivity contribution in [1.29, 1.82) is 0 Å². The summed E-state index contributed by atoms with van der Waals surface area (Å²) in [6, 6.07) is 0. The molecule has 1 unspecified atom stereocenters. The number of hydrogen-bond acceptors (Lipinski definition) is 6. The Hall–Kier alpha value is -4.45. The van der Waals surface area contributed by atoms with Gasteiger partial charge in [0, 0.05) is 19.3 Å². The Kier molecular flexibility index (Phi) is 51.5. The average molecular weight is 939 g/mol. The smallest absolute Gasteiger partial charge is 0.306 e. The van der Waals surface area contributed by atoms with E-state index in [1.54, 1.807) is 0 Å². The first-order valence-corrected chi connectivity index (χ1v) is 27.3. The van der Waals surface area contributed by atoms with E-state index in [1.807, 2.05) is 42.5 Å². The minimum atomic E-state index is -0.826. The molecule has 6 heteroatoms. The Balaban J connectivity index is 4.54. The number of allylic oxidation sites excluding steroid dienone is 22. The van der Waals surface area contributed by atoms with Gasteiger partial charge in [0.25, 0.3) is 0 Å². The Morgan fingerprint density at radius 2 is 0.691 bits per heavy atom. The average Bonchev–Trinajstić information content (AvgIpc) is 3.34. The summed E-state index contributed by atoms with van der Waals surface area (Å²) in [6.45, 7) is 6.33. The number of unbranched alkanes of at least 4 members (excludes halogenated alkanes) is 18. The van der Waals surface area contributed by atoms with Crippen molar-refractivity contribution in [2.75, 3.05) is 13.2 Å². The molecule has 0 saturated carbocycles. The van der Waals surface area contributed by atoms with Gasteiger partial charge in [-0.1, -0.05) is 238 Å². The lowest BCUT2D eigenvalue weighted by Gasteiger charge is -2.18. The van der Waals surface area contributed by atoms with Gasteiger partial charge in [-0.25, -0.2) is 0 Å². The number of ether oxygens (including phenoxy) is 3. The van der Waals surface area contributed by atoms with E-state index in [1.165, 1.54) is 57.8 Å². The van der Waals surface area contributed by atoms with Crippen LogP contribution in [0.25, 0.3) is 0 Å². The lowest BCUT2D eigenvalue weighted by Crippen LogP contribution is -2.30. The van der Waals surface area contributed by atoms with E-state index in [9.17, 15) is 14.4 Å². The van der Waals surface area contributed by atoms with Crippen molar-refractivity contribution >= 4 is 17.9 Å². The number of rotatable bonds is 47. The highest BCUT2D eigenvalue weighted by Gasteiger charge is 2.19. The molecule has 1 atom stereocenters. The van der Waals surface area contributed by atoms with Crippen LogP contribution in [-0.2, 0) is 28.6 Å². The van der Waals surface area contributed by atoms with Gasteiger partial charge >= 0.3 is 17.9 Å². The molecule has 0 aliphatic carbocycles. The maximum atomic E-state index is 12.8. The molecule has 0 amide bonds. The van der Waals surface area contributed by atoms with Gasteiger partial charge < -0.3 is 14.2 Å². The third kappa shape index (κ3) is 52.5. The van der Waals surface area contributed by atoms with E-state index in [0.717, 1.165) is 116 Å². The van der Waals surface area contributed by atoms with Gasteiger partial charge in [0.1, 0.15) is 13.2 Å². The van der Waals surface area contributed by atoms with Crippen LogP contribution in [0.4, 0.5) is 0 Å². The molecule has 0 bridgehead atoms. The van der Waals surface area contributed by atoms with Gasteiger partial charge in [0.2, 0.25) is 0 Å². The van der Waals surface area contributed by atoms with Crippen LogP contribution in [0.15, 0.2) is 134 Å². The zero-order chi connectivity index (χ0) is 49.3. The summed E-state index contributed by atoms with van der Waals surface area (Å²) in [5, 5.41) is 0. The Labute approximate surface area is 417 Å². The number of carbonyl (C=O) groups excluding carboxylic acids is 3. The molecule has 0 fully saturated rings. The summed E-state index contributed by atoms with van der Waals surface area (Å²) in [7, 11) is 0. The van der Waals surface area contributed by atoms with Crippen molar-refractivity contribution in [3.05, 3.63) is 134 Å². The highest BCUT2D eigenvalue weighted by atomic mass is 16.6. The second-order valence-corrected chi connectivity index (χ2v) is 17.5. The predicted molar refractivity (Wildman–Crippen MR) is 292 cm³/mol. The minimum absolute atomic E-state index is 0.118. The van der Waals surface area contributed by atoms with Gasteiger partial charge in [-0.2, -0.15) is 0 Å². The largest absolute Gasteiger partial charge is 0.462 e. The van der Waals surface area contributed by atoms with E-state index in [4.69, 9.17) is 14.2 Å².